The molecule has 230 valence electrons. The number of para-hydroxylation sites is 1. The third-order valence-corrected chi connectivity index (χ3v) is 7.85. The van der Waals surface area contributed by atoms with Gasteiger partial charge in [-0.05, 0) is 74.5 Å². The minimum Gasteiger partial charge on any atom is -0.508 e. The minimum absolute atomic E-state index is 0.0194. The van der Waals surface area contributed by atoms with E-state index in [0.717, 1.165) is 87.9 Å². The Hall–Kier alpha value is -3.88. The molecule has 1 aliphatic rings. The molecule has 2 N–H and O–H groups in total. The zero-order valence-electron chi connectivity index (χ0n) is 25.4. The third kappa shape index (κ3) is 10.1. The van der Waals surface area contributed by atoms with Crippen molar-refractivity contribution in [3.05, 3.63) is 84.4 Å². The lowest BCUT2D eigenvalue weighted by atomic mass is 10.0. The Labute approximate surface area is 256 Å². The number of rotatable bonds is 15. The van der Waals surface area contributed by atoms with Gasteiger partial charge in [-0.3, -0.25) is 4.79 Å². The Balaban J connectivity index is 1.19. The van der Waals surface area contributed by atoms with Crippen LogP contribution in [0.5, 0.6) is 5.75 Å². The van der Waals surface area contributed by atoms with E-state index in [1.807, 2.05) is 73.8 Å². The lowest BCUT2D eigenvalue weighted by Gasteiger charge is -2.37. The van der Waals surface area contributed by atoms with Crippen LogP contribution in [0.15, 0.2) is 78.9 Å². The molecule has 1 fully saturated rings. The van der Waals surface area contributed by atoms with Crippen molar-refractivity contribution in [2.45, 2.75) is 51.4 Å². The molecule has 1 heterocycles. The molecule has 0 bridgehead atoms. The van der Waals surface area contributed by atoms with Gasteiger partial charge in [-0.15, -0.1) is 0 Å². The Kier molecular flexibility index (Phi) is 12.9. The zero-order valence-corrected chi connectivity index (χ0v) is 25.4. The van der Waals surface area contributed by atoms with Crippen LogP contribution in [0.3, 0.4) is 0 Å². The number of aromatic hydroxyl groups is 1. The number of carbonyl (C=O) groups excluding carboxylic acids is 2. The number of nitrogens with zero attached hydrogens (tertiary/aromatic N) is 3. The highest BCUT2D eigenvalue weighted by atomic mass is 16.6. The molecule has 3 aromatic rings. The fourth-order valence-electron chi connectivity index (χ4n) is 5.36. The smallest absolute Gasteiger partial charge is 0.429 e. The molecule has 8 heteroatoms. The molecule has 0 spiro atoms. The first-order chi connectivity index (χ1) is 21.0. The summed E-state index contributed by atoms with van der Waals surface area (Å²) in [5.41, 5.74) is 4.00. The van der Waals surface area contributed by atoms with Crippen molar-refractivity contribution in [1.29, 1.82) is 0 Å². The van der Waals surface area contributed by atoms with Crippen LogP contribution in [0.2, 0.25) is 0 Å². The first-order valence-corrected chi connectivity index (χ1v) is 15.6. The molecule has 4 rings (SSSR count). The summed E-state index contributed by atoms with van der Waals surface area (Å²) in [6, 6.07) is 25.3. The lowest BCUT2D eigenvalue weighted by molar-refractivity contribution is -0.130. The van der Waals surface area contributed by atoms with Crippen LogP contribution in [0.4, 0.5) is 10.5 Å². The molecular formula is C35H46N4O4. The number of amides is 2. The van der Waals surface area contributed by atoms with Crippen LogP contribution in [0.1, 0.15) is 50.5 Å². The summed E-state index contributed by atoms with van der Waals surface area (Å²) < 4.78 is 5.72. The van der Waals surface area contributed by atoms with E-state index in [4.69, 9.17) is 4.74 Å². The largest absolute Gasteiger partial charge is 0.508 e. The minimum atomic E-state index is -0.446. The summed E-state index contributed by atoms with van der Waals surface area (Å²) >= 11 is 0. The van der Waals surface area contributed by atoms with Gasteiger partial charge in [0.25, 0.3) is 0 Å². The third-order valence-electron chi connectivity index (χ3n) is 7.85. The summed E-state index contributed by atoms with van der Waals surface area (Å²) in [4.78, 5) is 28.0. The molecule has 3 aromatic carbocycles. The Morgan fingerprint density at radius 1 is 0.860 bits per heavy atom. The van der Waals surface area contributed by atoms with E-state index in [2.05, 4.69) is 10.3 Å². The quantitative estimate of drug-likeness (QED) is 0.205. The maximum atomic E-state index is 13.5. The molecule has 2 amide bonds. The molecular weight excluding hydrogens is 540 g/mol. The number of unbranched alkanes of at least 4 members (excludes halogenated alkanes) is 2. The van der Waals surface area contributed by atoms with Gasteiger partial charge in [-0.25, -0.2) is 14.8 Å². The molecule has 0 atom stereocenters. The fraction of sp³-hybridized carbons (Fsp3) is 0.429. The number of hydrazine groups is 1. The van der Waals surface area contributed by atoms with Gasteiger partial charge < -0.3 is 20.1 Å². The van der Waals surface area contributed by atoms with Gasteiger partial charge in [0, 0.05) is 32.2 Å². The number of phenolic OH excluding ortho intramolecular Hbond substituents is 1. The number of hydrogen-bond acceptors (Lipinski definition) is 6. The van der Waals surface area contributed by atoms with Gasteiger partial charge in [-0.1, -0.05) is 73.5 Å². The number of nitrogens with one attached hydrogen (secondary N) is 1. The maximum absolute atomic E-state index is 13.5. The topological polar surface area (TPSA) is 85.3 Å². The standard InChI is InChI=1S/C35H46N4O4/c1-37(25-10-3-9-23-36-24-21-29-17-19-31(40)20-18-29)34(41)22-28-43-35(42)39(38-26-11-4-12-27-38)33-16-8-7-15-32(33)30-13-5-2-6-14-30/h2,5-8,13-20,36,40H,3-4,9-12,21-28H2,1H3. The fourth-order valence-corrected chi connectivity index (χ4v) is 5.36. The van der Waals surface area contributed by atoms with E-state index < -0.39 is 6.09 Å². The second-order valence-corrected chi connectivity index (χ2v) is 11.1. The molecule has 0 saturated carbocycles. The SMILES string of the molecule is CN(CCCCCNCCc1ccc(O)cc1)C(=O)CCOC(=O)N(c1ccccc1-c1ccccc1)N1CCCCC1. The summed E-state index contributed by atoms with van der Waals surface area (Å²) in [6.07, 6.45) is 6.85. The zero-order chi connectivity index (χ0) is 30.3. The average molecular weight is 587 g/mol. The molecule has 0 aromatic heterocycles. The Bertz CT molecular complexity index is 1260. The van der Waals surface area contributed by atoms with Gasteiger partial charge in [0.2, 0.25) is 5.91 Å². The molecule has 1 aliphatic heterocycles. The van der Waals surface area contributed by atoms with Gasteiger partial charge in [0.05, 0.1) is 12.1 Å². The summed E-state index contributed by atoms with van der Waals surface area (Å²) in [6.45, 7) is 4.14. The number of hydrogen-bond donors (Lipinski definition) is 2. The van der Waals surface area contributed by atoms with Gasteiger partial charge >= 0.3 is 6.09 Å². The number of piperidine rings is 1. The molecule has 43 heavy (non-hydrogen) atoms. The molecule has 1 saturated heterocycles. The van der Waals surface area contributed by atoms with E-state index in [1.165, 1.54) is 5.56 Å². The van der Waals surface area contributed by atoms with E-state index in [0.29, 0.717) is 12.3 Å². The highest BCUT2D eigenvalue weighted by Crippen LogP contribution is 2.33. The van der Waals surface area contributed by atoms with Crippen LogP contribution < -0.4 is 10.3 Å². The van der Waals surface area contributed by atoms with Crippen LogP contribution in [0, 0.1) is 0 Å². The van der Waals surface area contributed by atoms with Crippen molar-refractivity contribution >= 4 is 17.7 Å². The van der Waals surface area contributed by atoms with Crippen molar-refractivity contribution in [3.63, 3.8) is 0 Å². The number of phenols is 1. The monoisotopic (exact) mass is 586 g/mol. The van der Waals surface area contributed by atoms with Crippen LogP contribution in [-0.2, 0) is 16.0 Å². The van der Waals surface area contributed by atoms with Crippen LogP contribution in [0.25, 0.3) is 11.1 Å². The van der Waals surface area contributed by atoms with E-state index in [1.54, 1.807) is 22.0 Å². The number of benzene rings is 3. The normalized spacial score (nSPS) is 13.4. The molecule has 0 unspecified atom stereocenters. The van der Waals surface area contributed by atoms with Crippen molar-refractivity contribution in [1.82, 2.24) is 15.2 Å². The first-order valence-electron chi connectivity index (χ1n) is 15.6. The van der Waals surface area contributed by atoms with Gasteiger partial charge in [0.15, 0.2) is 0 Å². The van der Waals surface area contributed by atoms with Crippen molar-refractivity contribution in [2.75, 3.05) is 51.4 Å². The first kappa shape index (κ1) is 32.0. The van der Waals surface area contributed by atoms with Crippen LogP contribution >= 0.6 is 0 Å². The maximum Gasteiger partial charge on any atom is 0.429 e. The van der Waals surface area contributed by atoms with E-state index in [-0.39, 0.29) is 18.9 Å². The summed E-state index contributed by atoms with van der Waals surface area (Å²) in [5, 5.41) is 16.6. The number of carbonyl (C=O) groups is 2. The summed E-state index contributed by atoms with van der Waals surface area (Å²) in [5.74, 6) is 0.274. The predicted molar refractivity (Wildman–Crippen MR) is 172 cm³/mol. The second kappa shape index (κ2) is 17.3. The average Bonchev–Trinajstić information content (AvgIpc) is 3.04. The van der Waals surface area contributed by atoms with Crippen molar-refractivity contribution in [2.24, 2.45) is 0 Å². The van der Waals surface area contributed by atoms with Crippen molar-refractivity contribution < 1.29 is 19.4 Å². The van der Waals surface area contributed by atoms with Crippen molar-refractivity contribution in [3.8, 4) is 16.9 Å². The number of anilines is 1. The summed E-state index contributed by atoms with van der Waals surface area (Å²) in [7, 11) is 1.82. The second-order valence-electron chi connectivity index (χ2n) is 11.1. The molecule has 0 aliphatic carbocycles. The van der Waals surface area contributed by atoms with Gasteiger partial charge in [0.1, 0.15) is 12.4 Å². The Morgan fingerprint density at radius 3 is 2.35 bits per heavy atom. The molecule has 8 nitrogen and oxygen atoms in total. The Morgan fingerprint density at radius 2 is 1.58 bits per heavy atom. The van der Waals surface area contributed by atoms with E-state index >= 15 is 0 Å². The highest BCUT2D eigenvalue weighted by Gasteiger charge is 2.28. The molecule has 0 radical (unpaired) electrons. The van der Waals surface area contributed by atoms with Gasteiger partial charge in [-0.2, -0.15) is 0 Å². The lowest BCUT2D eigenvalue weighted by Crippen LogP contribution is -2.49. The predicted octanol–water partition coefficient (Wildman–Crippen LogP) is 6.25. The highest BCUT2D eigenvalue weighted by molar-refractivity contribution is 5.93. The van der Waals surface area contributed by atoms with E-state index in [9.17, 15) is 14.7 Å². The van der Waals surface area contributed by atoms with Crippen LogP contribution in [-0.4, -0.2) is 73.4 Å². The number of ether oxygens (including phenoxy) is 1.